The molecule has 1 atom stereocenters. The number of thiophene rings is 1. The Bertz CT molecular complexity index is 445. The van der Waals surface area contributed by atoms with Crippen LogP contribution in [0.25, 0.3) is 0 Å². The van der Waals surface area contributed by atoms with E-state index < -0.39 is 5.60 Å². The Kier molecular flexibility index (Phi) is 5.27. The van der Waals surface area contributed by atoms with E-state index >= 15 is 0 Å². The third-order valence-electron chi connectivity index (χ3n) is 3.43. The van der Waals surface area contributed by atoms with Crippen LogP contribution in [-0.2, 0) is 9.47 Å². The van der Waals surface area contributed by atoms with E-state index in [1.165, 1.54) is 4.88 Å². The second kappa shape index (κ2) is 6.79. The quantitative estimate of drug-likeness (QED) is 0.838. The van der Waals surface area contributed by atoms with Crippen molar-refractivity contribution in [2.45, 2.75) is 58.3 Å². The summed E-state index contributed by atoms with van der Waals surface area (Å²) in [6.07, 6.45) is 1.88. The Morgan fingerprint density at radius 1 is 1.38 bits per heavy atom. The Morgan fingerprint density at radius 2 is 2.05 bits per heavy atom. The predicted octanol–water partition coefficient (Wildman–Crippen LogP) is 4.23. The van der Waals surface area contributed by atoms with Gasteiger partial charge in [0.05, 0.1) is 12.2 Å². The van der Waals surface area contributed by atoms with Gasteiger partial charge in [0.2, 0.25) is 0 Å². The predicted molar refractivity (Wildman–Crippen MR) is 84.6 cm³/mol. The third-order valence-corrected chi connectivity index (χ3v) is 4.47. The van der Waals surface area contributed by atoms with E-state index in [4.69, 9.17) is 9.47 Å². The lowest BCUT2D eigenvalue weighted by Gasteiger charge is -2.34. The largest absolute Gasteiger partial charge is 0.444 e. The molecule has 0 aliphatic carbocycles. The minimum Gasteiger partial charge on any atom is -0.444 e. The molecule has 0 N–H and O–H groups in total. The van der Waals surface area contributed by atoms with Crippen LogP contribution in [0, 0.1) is 0 Å². The van der Waals surface area contributed by atoms with Crippen LogP contribution in [0.15, 0.2) is 17.5 Å². The molecule has 1 aliphatic rings. The van der Waals surface area contributed by atoms with Crippen LogP contribution < -0.4 is 0 Å². The van der Waals surface area contributed by atoms with E-state index in [1.54, 1.807) is 16.2 Å². The van der Waals surface area contributed by atoms with Crippen LogP contribution in [0.4, 0.5) is 4.79 Å². The number of likely N-dealkylation sites (tertiary alicyclic amines) is 1. The molecule has 1 fully saturated rings. The van der Waals surface area contributed by atoms with E-state index in [2.05, 4.69) is 18.4 Å². The van der Waals surface area contributed by atoms with Gasteiger partial charge in [-0.05, 0) is 52.0 Å². The zero-order chi connectivity index (χ0) is 15.5. The molecule has 2 heterocycles. The molecule has 4 nitrogen and oxygen atoms in total. The number of amides is 1. The number of hydrogen-bond acceptors (Lipinski definition) is 4. The smallest absolute Gasteiger partial charge is 0.410 e. The van der Waals surface area contributed by atoms with Crippen LogP contribution in [0.3, 0.4) is 0 Å². The van der Waals surface area contributed by atoms with Crippen LogP contribution in [-0.4, -0.2) is 35.8 Å². The second-order valence-corrected chi connectivity index (χ2v) is 7.44. The summed E-state index contributed by atoms with van der Waals surface area (Å²) in [7, 11) is 0. The van der Waals surface area contributed by atoms with Crippen molar-refractivity contribution in [2.24, 2.45) is 0 Å². The first kappa shape index (κ1) is 16.3. The van der Waals surface area contributed by atoms with Crippen molar-refractivity contribution in [3.63, 3.8) is 0 Å². The van der Waals surface area contributed by atoms with E-state index in [0.29, 0.717) is 13.1 Å². The maximum absolute atomic E-state index is 12.0. The molecule has 21 heavy (non-hydrogen) atoms. The first-order valence-corrected chi connectivity index (χ1v) is 8.40. The lowest BCUT2D eigenvalue weighted by atomic mass is 10.1. The molecule has 5 heteroatoms. The van der Waals surface area contributed by atoms with Crippen molar-refractivity contribution in [2.75, 3.05) is 13.1 Å². The van der Waals surface area contributed by atoms with Crippen molar-refractivity contribution in [1.82, 2.24) is 4.90 Å². The number of carbonyl (C=O) groups excluding carboxylic acids is 1. The van der Waals surface area contributed by atoms with Gasteiger partial charge in [0, 0.05) is 18.0 Å². The number of rotatable bonds is 3. The summed E-state index contributed by atoms with van der Waals surface area (Å²) >= 11 is 1.72. The van der Waals surface area contributed by atoms with Gasteiger partial charge in [-0.3, -0.25) is 0 Å². The first-order chi connectivity index (χ1) is 9.85. The average Bonchev–Trinajstić information content (AvgIpc) is 2.91. The highest BCUT2D eigenvalue weighted by atomic mass is 32.1. The maximum atomic E-state index is 12.0. The van der Waals surface area contributed by atoms with Crippen LogP contribution in [0.2, 0.25) is 0 Å². The van der Waals surface area contributed by atoms with Crippen molar-refractivity contribution in [1.29, 1.82) is 0 Å². The summed E-state index contributed by atoms with van der Waals surface area (Å²) in [5.74, 6) is 0. The van der Waals surface area contributed by atoms with Gasteiger partial charge < -0.3 is 14.4 Å². The first-order valence-electron chi connectivity index (χ1n) is 7.52. The standard InChI is InChI=1S/C16H25NO3S/c1-12(14-6-5-11-21-14)19-13-7-9-17(10-8-13)15(18)20-16(2,3)4/h5-6,11-13H,7-10H2,1-4H3/t12-/m1/s1. The fourth-order valence-corrected chi connectivity index (χ4v) is 3.10. The molecule has 1 amide bonds. The SMILES string of the molecule is C[C@@H](OC1CCN(C(=O)OC(C)(C)C)CC1)c1cccs1. The number of ether oxygens (including phenoxy) is 2. The highest BCUT2D eigenvalue weighted by Gasteiger charge is 2.28. The van der Waals surface area contributed by atoms with Crippen molar-refractivity contribution >= 4 is 17.4 Å². The van der Waals surface area contributed by atoms with Crippen molar-refractivity contribution in [3.05, 3.63) is 22.4 Å². The van der Waals surface area contributed by atoms with Gasteiger partial charge in [0.15, 0.2) is 0 Å². The highest BCUT2D eigenvalue weighted by molar-refractivity contribution is 7.10. The second-order valence-electron chi connectivity index (χ2n) is 6.46. The van der Waals surface area contributed by atoms with E-state index in [1.807, 2.05) is 26.8 Å². The molecule has 0 radical (unpaired) electrons. The van der Waals surface area contributed by atoms with Crippen LogP contribution in [0.5, 0.6) is 0 Å². The molecule has 1 aliphatic heterocycles. The lowest BCUT2D eigenvalue weighted by molar-refractivity contribution is -0.0398. The minimum atomic E-state index is -0.432. The summed E-state index contributed by atoms with van der Waals surface area (Å²) in [6, 6.07) is 4.15. The summed E-state index contributed by atoms with van der Waals surface area (Å²) in [5.41, 5.74) is -0.432. The van der Waals surface area contributed by atoms with Gasteiger partial charge >= 0.3 is 6.09 Å². The Morgan fingerprint density at radius 3 is 2.57 bits per heavy atom. The Labute approximate surface area is 131 Å². The Hall–Kier alpha value is -1.07. The summed E-state index contributed by atoms with van der Waals surface area (Å²) < 4.78 is 11.5. The van der Waals surface area contributed by atoms with Gasteiger partial charge in [0.25, 0.3) is 0 Å². The zero-order valence-corrected chi connectivity index (χ0v) is 14.1. The molecular weight excluding hydrogens is 286 g/mol. The van der Waals surface area contributed by atoms with Gasteiger partial charge in [-0.1, -0.05) is 6.07 Å². The van der Waals surface area contributed by atoms with E-state index in [9.17, 15) is 4.79 Å². The van der Waals surface area contributed by atoms with E-state index in [-0.39, 0.29) is 18.3 Å². The molecule has 0 bridgehead atoms. The monoisotopic (exact) mass is 311 g/mol. The number of nitrogens with zero attached hydrogens (tertiary/aromatic N) is 1. The lowest BCUT2D eigenvalue weighted by Crippen LogP contribution is -2.43. The van der Waals surface area contributed by atoms with Crippen molar-refractivity contribution < 1.29 is 14.3 Å². The van der Waals surface area contributed by atoms with E-state index in [0.717, 1.165) is 12.8 Å². The molecule has 1 aromatic heterocycles. The fraction of sp³-hybridized carbons (Fsp3) is 0.688. The van der Waals surface area contributed by atoms with Crippen LogP contribution >= 0.6 is 11.3 Å². The number of hydrogen-bond donors (Lipinski definition) is 0. The topological polar surface area (TPSA) is 38.8 Å². The molecule has 1 aromatic rings. The Balaban J connectivity index is 1.77. The maximum Gasteiger partial charge on any atom is 0.410 e. The summed E-state index contributed by atoms with van der Waals surface area (Å²) in [5, 5.41) is 2.07. The highest BCUT2D eigenvalue weighted by Crippen LogP contribution is 2.26. The van der Waals surface area contributed by atoms with Gasteiger partial charge in [0.1, 0.15) is 5.60 Å². The van der Waals surface area contributed by atoms with Gasteiger partial charge in [-0.15, -0.1) is 11.3 Å². The molecule has 0 saturated carbocycles. The van der Waals surface area contributed by atoms with Gasteiger partial charge in [-0.25, -0.2) is 4.79 Å². The summed E-state index contributed by atoms with van der Waals surface area (Å²) in [6.45, 7) is 9.18. The number of piperidine rings is 1. The minimum absolute atomic E-state index is 0.128. The average molecular weight is 311 g/mol. The number of carbonyl (C=O) groups is 1. The molecule has 0 unspecified atom stereocenters. The summed E-state index contributed by atoms with van der Waals surface area (Å²) in [4.78, 5) is 15.0. The third kappa shape index (κ3) is 5.00. The zero-order valence-electron chi connectivity index (χ0n) is 13.3. The molecule has 2 rings (SSSR count). The van der Waals surface area contributed by atoms with Crippen molar-refractivity contribution in [3.8, 4) is 0 Å². The molecule has 1 saturated heterocycles. The molecule has 0 aromatic carbocycles. The molecular formula is C16H25NO3S. The molecule has 0 spiro atoms. The molecule has 118 valence electrons. The van der Waals surface area contributed by atoms with Crippen LogP contribution in [0.1, 0.15) is 51.5 Å². The fourth-order valence-electron chi connectivity index (χ4n) is 2.38. The normalized spacial score (nSPS) is 18.6. The van der Waals surface area contributed by atoms with Gasteiger partial charge in [-0.2, -0.15) is 0 Å².